The molecule has 0 aromatic heterocycles. The lowest BCUT2D eigenvalue weighted by molar-refractivity contribution is -0.132. The van der Waals surface area contributed by atoms with E-state index in [4.69, 9.17) is 22.1 Å². The number of nitrogens with two attached hydrogens (primary N) is 1. The van der Waals surface area contributed by atoms with E-state index < -0.39 is 0 Å². The number of nitrogens with one attached hydrogen (secondary N) is 1. The summed E-state index contributed by atoms with van der Waals surface area (Å²) in [6.07, 6.45) is 3.10. The highest BCUT2D eigenvalue weighted by atomic mass is 35.5. The molecule has 1 aromatic rings. The summed E-state index contributed by atoms with van der Waals surface area (Å²) in [5.74, 6) is -0.0289. The number of halogens is 1. The first-order valence-electron chi connectivity index (χ1n) is 7.12. The largest absolute Gasteiger partial charge is 0.364 e. The third kappa shape index (κ3) is 2.55. The van der Waals surface area contributed by atoms with Crippen LogP contribution in [0.3, 0.4) is 0 Å². The molecule has 1 aliphatic carbocycles. The van der Waals surface area contributed by atoms with Crippen molar-refractivity contribution in [1.29, 1.82) is 0 Å². The van der Waals surface area contributed by atoms with Gasteiger partial charge < -0.3 is 15.8 Å². The number of benzene rings is 1. The molecule has 5 heteroatoms. The van der Waals surface area contributed by atoms with Crippen molar-refractivity contribution in [3.63, 3.8) is 0 Å². The second-order valence-corrected chi connectivity index (χ2v) is 5.87. The van der Waals surface area contributed by atoms with E-state index in [9.17, 15) is 4.79 Å². The lowest BCUT2D eigenvalue weighted by atomic mass is 10.1. The highest BCUT2D eigenvalue weighted by Gasteiger charge is 2.33. The summed E-state index contributed by atoms with van der Waals surface area (Å²) in [5.41, 5.74) is 7.87. The van der Waals surface area contributed by atoms with Crippen LogP contribution in [-0.4, -0.2) is 24.7 Å². The van der Waals surface area contributed by atoms with Gasteiger partial charge in [-0.2, -0.15) is 0 Å². The van der Waals surface area contributed by atoms with Crippen LogP contribution in [0.5, 0.6) is 0 Å². The number of hydrogen-bond acceptors (Lipinski definition) is 3. The zero-order chi connectivity index (χ0) is 14.1. The Morgan fingerprint density at radius 3 is 3.00 bits per heavy atom. The standard InChI is InChI=1S/C15H19ClN2O2/c16-12-3-1-2-11-10(12)5-6-13(11)18-15(19)14-7-4-9(8-17)20-14/h1-3,9,13-14H,4-8,17H2,(H,18,19)/t9-,13?,14+/m1/s1. The van der Waals surface area contributed by atoms with Crippen LogP contribution in [0, 0.1) is 0 Å². The molecule has 1 heterocycles. The maximum atomic E-state index is 12.2. The molecule has 1 aromatic carbocycles. The molecule has 3 N–H and O–H groups in total. The molecule has 0 bridgehead atoms. The lowest BCUT2D eigenvalue weighted by Crippen LogP contribution is -2.37. The van der Waals surface area contributed by atoms with Crippen molar-refractivity contribution in [1.82, 2.24) is 5.32 Å². The Hall–Kier alpha value is -1.10. The van der Waals surface area contributed by atoms with Crippen molar-refractivity contribution in [2.45, 2.75) is 43.9 Å². The molecule has 3 rings (SSSR count). The zero-order valence-corrected chi connectivity index (χ0v) is 12.0. The summed E-state index contributed by atoms with van der Waals surface area (Å²) in [6, 6.07) is 5.92. The van der Waals surface area contributed by atoms with Crippen LogP contribution in [0.25, 0.3) is 0 Å². The van der Waals surface area contributed by atoms with Crippen LogP contribution in [0.4, 0.5) is 0 Å². The molecular formula is C15H19ClN2O2. The van der Waals surface area contributed by atoms with Crippen LogP contribution in [0.2, 0.25) is 5.02 Å². The second-order valence-electron chi connectivity index (χ2n) is 5.47. The van der Waals surface area contributed by atoms with Crippen LogP contribution < -0.4 is 11.1 Å². The maximum absolute atomic E-state index is 12.2. The number of hydrogen-bond donors (Lipinski definition) is 2. The number of amides is 1. The third-order valence-electron chi connectivity index (χ3n) is 4.19. The minimum atomic E-state index is -0.355. The van der Waals surface area contributed by atoms with E-state index in [1.165, 1.54) is 0 Å². The van der Waals surface area contributed by atoms with Crippen LogP contribution in [-0.2, 0) is 16.0 Å². The maximum Gasteiger partial charge on any atom is 0.249 e. The van der Waals surface area contributed by atoms with Gasteiger partial charge in [0.15, 0.2) is 0 Å². The van der Waals surface area contributed by atoms with E-state index in [-0.39, 0.29) is 24.2 Å². The van der Waals surface area contributed by atoms with Crippen molar-refractivity contribution < 1.29 is 9.53 Å². The molecule has 1 amide bonds. The SMILES string of the molecule is NC[C@H]1CC[C@@H](C(=O)NC2CCc3c(Cl)cccc32)O1. The summed E-state index contributed by atoms with van der Waals surface area (Å²) in [4.78, 5) is 12.2. The third-order valence-corrected chi connectivity index (χ3v) is 4.55. The normalized spacial score (nSPS) is 28.4. The van der Waals surface area contributed by atoms with Crippen molar-refractivity contribution in [2.75, 3.05) is 6.54 Å². The fraction of sp³-hybridized carbons (Fsp3) is 0.533. The monoisotopic (exact) mass is 294 g/mol. The van der Waals surface area contributed by atoms with Gasteiger partial charge in [0.05, 0.1) is 12.1 Å². The van der Waals surface area contributed by atoms with E-state index >= 15 is 0 Å². The first-order chi connectivity index (χ1) is 9.69. The Morgan fingerprint density at radius 1 is 1.40 bits per heavy atom. The van der Waals surface area contributed by atoms with E-state index in [1.807, 2.05) is 18.2 Å². The van der Waals surface area contributed by atoms with Crippen molar-refractivity contribution in [3.05, 3.63) is 34.3 Å². The van der Waals surface area contributed by atoms with Gasteiger partial charge in [0.25, 0.3) is 0 Å². The Bertz CT molecular complexity index is 521. The van der Waals surface area contributed by atoms with E-state index in [1.54, 1.807) is 0 Å². The molecular weight excluding hydrogens is 276 g/mol. The van der Waals surface area contributed by atoms with Crippen molar-refractivity contribution >= 4 is 17.5 Å². The first-order valence-corrected chi connectivity index (χ1v) is 7.50. The number of carbonyl (C=O) groups is 1. The molecule has 0 radical (unpaired) electrons. The second kappa shape index (κ2) is 5.72. The van der Waals surface area contributed by atoms with Gasteiger partial charge in [-0.15, -0.1) is 0 Å². The molecule has 1 fully saturated rings. The average Bonchev–Trinajstić information content (AvgIpc) is 3.07. The predicted molar refractivity (Wildman–Crippen MR) is 77.6 cm³/mol. The number of rotatable bonds is 3. The molecule has 3 atom stereocenters. The quantitative estimate of drug-likeness (QED) is 0.895. The van der Waals surface area contributed by atoms with Crippen LogP contribution >= 0.6 is 11.6 Å². The summed E-state index contributed by atoms with van der Waals surface area (Å²) >= 11 is 6.19. The molecule has 1 aliphatic heterocycles. The van der Waals surface area contributed by atoms with Gasteiger partial charge in [0.2, 0.25) is 5.91 Å². The van der Waals surface area contributed by atoms with Gasteiger partial charge in [-0.3, -0.25) is 4.79 Å². The number of ether oxygens (including phenoxy) is 1. The van der Waals surface area contributed by atoms with Gasteiger partial charge in [-0.1, -0.05) is 23.7 Å². The Kier molecular flexibility index (Phi) is 3.96. The fourth-order valence-corrected chi connectivity index (χ4v) is 3.37. The van der Waals surface area contributed by atoms with Gasteiger partial charge in [-0.25, -0.2) is 0 Å². The van der Waals surface area contributed by atoms with Gasteiger partial charge in [-0.05, 0) is 42.9 Å². The van der Waals surface area contributed by atoms with Crippen molar-refractivity contribution in [2.24, 2.45) is 5.73 Å². The van der Waals surface area contributed by atoms with Gasteiger partial charge >= 0.3 is 0 Å². The first kappa shape index (κ1) is 13.9. The fourth-order valence-electron chi connectivity index (χ4n) is 3.10. The molecule has 20 heavy (non-hydrogen) atoms. The Morgan fingerprint density at radius 2 is 2.25 bits per heavy atom. The molecule has 1 saturated heterocycles. The zero-order valence-electron chi connectivity index (χ0n) is 11.3. The summed E-state index contributed by atoms with van der Waals surface area (Å²) in [7, 11) is 0. The summed E-state index contributed by atoms with van der Waals surface area (Å²) < 4.78 is 5.63. The smallest absolute Gasteiger partial charge is 0.249 e. The Balaban J connectivity index is 1.66. The predicted octanol–water partition coefficient (Wildman–Crippen LogP) is 1.95. The number of fused-ring (bicyclic) bond motifs is 1. The topological polar surface area (TPSA) is 64.4 Å². The summed E-state index contributed by atoms with van der Waals surface area (Å²) in [5, 5.41) is 3.88. The lowest BCUT2D eigenvalue weighted by Gasteiger charge is -2.18. The molecule has 2 aliphatic rings. The van der Waals surface area contributed by atoms with Crippen LogP contribution in [0.15, 0.2) is 18.2 Å². The van der Waals surface area contributed by atoms with Gasteiger partial charge in [0.1, 0.15) is 6.10 Å². The minimum absolute atomic E-state index is 0.0241. The van der Waals surface area contributed by atoms with Gasteiger partial charge in [0, 0.05) is 11.6 Å². The van der Waals surface area contributed by atoms with Crippen LogP contribution in [0.1, 0.15) is 36.4 Å². The van der Waals surface area contributed by atoms with E-state index in [0.29, 0.717) is 6.54 Å². The minimum Gasteiger partial charge on any atom is -0.364 e. The highest BCUT2D eigenvalue weighted by molar-refractivity contribution is 6.31. The Labute approximate surface area is 123 Å². The molecule has 108 valence electrons. The summed E-state index contributed by atoms with van der Waals surface area (Å²) in [6.45, 7) is 0.478. The molecule has 1 unspecified atom stereocenters. The molecule has 0 saturated carbocycles. The molecule has 0 spiro atoms. The highest BCUT2D eigenvalue weighted by Crippen LogP contribution is 2.35. The average molecular weight is 295 g/mol. The number of carbonyl (C=O) groups excluding carboxylic acids is 1. The van der Waals surface area contributed by atoms with Crippen molar-refractivity contribution in [3.8, 4) is 0 Å². The van der Waals surface area contributed by atoms with E-state index in [2.05, 4.69) is 5.32 Å². The molecule has 4 nitrogen and oxygen atoms in total. The van der Waals surface area contributed by atoms with E-state index in [0.717, 1.165) is 41.8 Å².